The van der Waals surface area contributed by atoms with Crippen molar-refractivity contribution in [3.05, 3.63) is 69.4 Å². The van der Waals surface area contributed by atoms with Gasteiger partial charge in [-0.2, -0.15) is 0 Å². The molecule has 2 amide bonds. The van der Waals surface area contributed by atoms with Crippen LogP contribution in [0, 0.1) is 19.8 Å². The first-order valence-corrected chi connectivity index (χ1v) is 11.3. The molecule has 2 fully saturated rings. The maximum Gasteiger partial charge on any atom is 0.341 e. The van der Waals surface area contributed by atoms with Crippen LogP contribution in [-0.2, 0) is 19.2 Å². The zero-order chi connectivity index (χ0) is 23.4. The first kappa shape index (κ1) is 21.7. The Hall–Kier alpha value is -3.14. The fraction of sp³-hybridized carbons (Fsp3) is 0.261. The molecule has 5 rings (SSSR count). The molecule has 10 heteroatoms. The molecule has 0 radical (unpaired) electrons. The van der Waals surface area contributed by atoms with Gasteiger partial charge in [-0.1, -0.05) is 11.6 Å². The summed E-state index contributed by atoms with van der Waals surface area (Å²) in [6, 6.07) is 9.65. The molecule has 3 atom stereocenters. The Balaban J connectivity index is 1.59. The van der Waals surface area contributed by atoms with Crippen molar-refractivity contribution in [3.8, 4) is 0 Å². The summed E-state index contributed by atoms with van der Waals surface area (Å²) in [4.78, 5) is 47.6. The van der Waals surface area contributed by atoms with Gasteiger partial charge in [-0.3, -0.25) is 14.4 Å². The minimum absolute atomic E-state index is 0.214. The second-order valence-corrected chi connectivity index (χ2v) is 9.42. The van der Waals surface area contributed by atoms with E-state index in [4.69, 9.17) is 25.6 Å². The number of carbonyl (C=O) groups excluding carboxylic acids is 3. The molecular weight excluding hydrogens is 468 g/mol. The molecule has 0 N–H and O–H groups in total. The largest absolute Gasteiger partial charge is 0.467 e. The molecule has 0 saturated carbocycles. The lowest BCUT2D eigenvalue weighted by atomic mass is 9.94. The van der Waals surface area contributed by atoms with Crippen LogP contribution in [0.4, 0.5) is 10.7 Å². The van der Waals surface area contributed by atoms with Gasteiger partial charge in [0, 0.05) is 9.90 Å². The van der Waals surface area contributed by atoms with Gasteiger partial charge in [0.15, 0.2) is 6.10 Å². The van der Waals surface area contributed by atoms with E-state index < -0.39 is 35.8 Å². The van der Waals surface area contributed by atoms with Crippen LogP contribution in [0.3, 0.4) is 0 Å². The van der Waals surface area contributed by atoms with Crippen molar-refractivity contribution >= 4 is 51.4 Å². The Morgan fingerprint density at radius 1 is 1.12 bits per heavy atom. The highest BCUT2D eigenvalue weighted by Crippen LogP contribution is 2.49. The number of esters is 1. The third-order valence-corrected chi connectivity index (χ3v) is 7.43. The van der Waals surface area contributed by atoms with Crippen LogP contribution in [0.1, 0.15) is 32.6 Å². The Labute approximate surface area is 198 Å². The first-order valence-electron chi connectivity index (χ1n) is 10.1. The summed E-state index contributed by atoms with van der Waals surface area (Å²) in [5.41, 5.74) is 1.51. The van der Waals surface area contributed by atoms with Gasteiger partial charge in [-0.15, -0.1) is 11.3 Å². The summed E-state index contributed by atoms with van der Waals surface area (Å²) in [7, 11) is 1.26. The summed E-state index contributed by atoms with van der Waals surface area (Å²) < 4.78 is 10.5. The van der Waals surface area contributed by atoms with Crippen molar-refractivity contribution in [3.63, 3.8) is 0 Å². The quantitative estimate of drug-likeness (QED) is 0.397. The Morgan fingerprint density at radius 2 is 1.85 bits per heavy atom. The summed E-state index contributed by atoms with van der Waals surface area (Å²) >= 11 is 7.22. The molecule has 0 aliphatic carbocycles. The molecule has 170 valence electrons. The molecule has 0 unspecified atom stereocenters. The predicted octanol–water partition coefficient (Wildman–Crippen LogP) is 4.45. The van der Waals surface area contributed by atoms with Crippen molar-refractivity contribution in [2.45, 2.75) is 26.0 Å². The number of ether oxygens (including phenoxy) is 1. The number of methoxy groups -OCH3 is 1. The van der Waals surface area contributed by atoms with Gasteiger partial charge in [0.25, 0.3) is 5.91 Å². The van der Waals surface area contributed by atoms with E-state index in [0.717, 1.165) is 9.78 Å². The van der Waals surface area contributed by atoms with Gasteiger partial charge in [0.1, 0.15) is 22.7 Å². The van der Waals surface area contributed by atoms with Gasteiger partial charge in [-0.25, -0.2) is 14.8 Å². The number of amides is 2. The van der Waals surface area contributed by atoms with Crippen molar-refractivity contribution in [2.24, 2.45) is 5.92 Å². The fourth-order valence-electron chi connectivity index (χ4n) is 4.28. The van der Waals surface area contributed by atoms with Crippen LogP contribution in [0.15, 0.2) is 47.1 Å². The van der Waals surface area contributed by atoms with Gasteiger partial charge in [-0.05, 0) is 55.8 Å². The Bertz CT molecular complexity index is 1250. The van der Waals surface area contributed by atoms with Crippen molar-refractivity contribution in [1.82, 2.24) is 0 Å². The number of carbonyl (C=O) groups is 3. The van der Waals surface area contributed by atoms with E-state index in [1.807, 2.05) is 6.92 Å². The molecule has 2 aromatic heterocycles. The van der Waals surface area contributed by atoms with Gasteiger partial charge in [0.05, 0.1) is 24.6 Å². The number of furan rings is 1. The number of hydroxylamine groups is 1. The number of nitrogens with zero attached hydrogens (tertiary/aromatic N) is 2. The molecule has 2 saturated heterocycles. The lowest BCUT2D eigenvalue weighted by Crippen LogP contribution is -2.37. The Kier molecular flexibility index (Phi) is 5.27. The number of anilines is 2. The van der Waals surface area contributed by atoms with E-state index in [-0.39, 0.29) is 10.6 Å². The monoisotopic (exact) mass is 486 g/mol. The summed E-state index contributed by atoms with van der Waals surface area (Å²) in [5.74, 6) is -1.99. The molecule has 1 aromatic carbocycles. The maximum absolute atomic E-state index is 13.7. The topological polar surface area (TPSA) is 89.3 Å². The van der Waals surface area contributed by atoms with Crippen LogP contribution in [0.25, 0.3) is 0 Å². The number of benzene rings is 1. The van der Waals surface area contributed by atoms with Gasteiger partial charge < -0.3 is 9.15 Å². The van der Waals surface area contributed by atoms with Crippen LogP contribution in [0.5, 0.6) is 0 Å². The smallest absolute Gasteiger partial charge is 0.341 e. The number of halogens is 1. The zero-order valence-electron chi connectivity index (χ0n) is 17.9. The summed E-state index contributed by atoms with van der Waals surface area (Å²) in [5, 5.41) is 2.31. The standard InChI is InChI=1S/C23H19ClN2O6S/c1-11-12(2)33-22(16(11)23(29)30-3)25-20(27)17-18(15-5-4-10-31-15)26(32-19(17)21(25)28)14-8-6-13(24)7-9-14/h4-10,17-19H,1-3H3/t17-,18+,19-/m1/s1. The van der Waals surface area contributed by atoms with Gasteiger partial charge >= 0.3 is 5.97 Å². The van der Waals surface area contributed by atoms with E-state index in [0.29, 0.717) is 22.0 Å². The molecule has 4 heterocycles. The number of fused-ring (bicyclic) bond motifs is 1. The number of rotatable bonds is 4. The lowest BCUT2D eigenvalue weighted by Gasteiger charge is -2.27. The number of imide groups is 1. The molecule has 0 bridgehead atoms. The van der Waals surface area contributed by atoms with Gasteiger partial charge in [0.2, 0.25) is 5.91 Å². The van der Waals surface area contributed by atoms with Crippen molar-refractivity contribution in [2.75, 3.05) is 17.1 Å². The van der Waals surface area contributed by atoms with Crippen molar-refractivity contribution in [1.29, 1.82) is 0 Å². The lowest BCUT2D eigenvalue weighted by molar-refractivity contribution is -0.126. The van der Waals surface area contributed by atoms with E-state index in [9.17, 15) is 14.4 Å². The van der Waals surface area contributed by atoms with E-state index >= 15 is 0 Å². The highest BCUT2D eigenvalue weighted by atomic mass is 35.5. The molecule has 0 spiro atoms. The second-order valence-electron chi connectivity index (χ2n) is 7.78. The normalized spacial score (nSPS) is 22.2. The number of aryl methyl sites for hydroxylation is 1. The average Bonchev–Trinajstić information content (AvgIpc) is 3.55. The van der Waals surface area contributed by atoms with E-state index in [1.165, 1.54) is 29.8 Å². The minimum atomic E-state index is -1.07. The van der Waals surface area contributed by atoms with E-state index in [2.05, 4.69) is 0 Å². The molecular formula is C23H19ClN2O6S. The fourth-order valence-corrected chi connectivity index (χ4v) is 5.56. The molecule has 2 aliphatic heterocycles. The van der Waals surface area contributed by atoms with Crippen LogP contribution >= 0.6 is 22.9 Å². The third-order valence-electron chi connectivity index (χ3n) is 5.99. The van der Waals surface area contributed by atoms with Crippen molar-refractivity contribution < 1.29 is 28.4 Å². The first-order chi connectivity index (χ1) is 15.8. The number of hydrogen-bond donors (Lipinski definition) is 0. The maximum atomic E-state index is 13.7. The SMILES string of the molecule is COC(=O)c1c(N2C(=O)[C@H]3[C@@H](ON(c4ccc(Cl)cc4)[C@H]3c3ccco3)C2=O)sc(C)c1C. The molecule has 8 nitrogen and oxygen atoms in total. The second kappa shape index (κ2) is 8.02. The molecule has 3 aromatic rings. The predicted molar refractivity (Wildman–Crippen MR) is 121 cm³/mol. The molecule has 33 heavy (non-hydrogen) atoms. The average molecular weight is 487 g/mol. The minimum Gasteiger partial charge on any atom is -0.467 e. The van der Waals surface area contributed by atoms with Crippen LogP contribution < -0.4 is 9.96 Å². The van der Waals surface area contributed by atoms with Crippen LogP contribution in [0.2, 0.25) is 5.02 Å². The van der Waals surface area contributed by atoms with Crippen LogP contribution in [-0.4, -0.2) is 31.0 Å². The third kappa shape index (κ3) is 3.26. The summed E-state index contributed by atoms with van der Waals surface area (Å²) in [6.45, 7) is 3.59. The highest BCUT2D eigenvalue weighted by molar-refractivity contribution is 7.17. The Morgan fingerprint density at radius 3 is 2.48 bits per heavy atom. The number of hydrogen-bond acceptors (Lipinski definition) is 8. The van der Waals surface area contributed by atoms with E-state index in [1.54, 1.807) is 43.3 Å². The summed E-state index contributed by atoms with van der Waals surface area (Å²) in [6.07, 6.45) is 0.430. The zero-order valence-corrected chi connectivity index (χ0v) is 19.5. The highest BCUT2D eigenvalue weighted by Gasteiger charge is 2.61. The molecule has 2 aliphatic rings. The number of thiophene rings is 1.